The Morgan fingerprint density at radius 3 is 2.31 bits per heavy atom. The lowest BCUT2D eigenvalue weighted by Crippen LogP contribution is -2.16. The first kappa shape index (κ1) is 10.5. The van der Waals surface area contributed by atoms with E-state index in [0.717, 1.165) is 5.39 Å². The van der Waals surface area contributed by atoms with Crippen molar-refractivity contribution in [3.8, 4) is 11.5 Å². The Hall–Kier alpha value is -1.97. The van der Waals surface area contributed by atoms with E-state index in [-0.39, 0.29) is 5.56 Å². The molecule has 4 heteroatoms. The third-order valence-electron chi connectivity index (χ3n) is 2.61. The van der Waals surface area contributed by atoms with Crippen LogP contribution in [0.4, 0.5) is 0 Å². The fourth-order valence-corrected chi connectivity index (χ4v) is 1.74. The lowest BCUT2D eigenvalue weighted by molar-refractivity contribution is 0.410. The van der Waals surface area contributed by atoms with Crippen LogP contribution in [0.15, 0.2) is 29.2 Å². The van der Waals surface area contributed by atoms with Gasteiger partial charge in [-0.1, -0.05) is 0 Å². The molecule has 0 N–H and O–H groups in total. The van der Waals surface area contributed by atoms with E-state index in [1.807, 2.05) is 6.07 Å². The first-order valence-corrected chi connectivity index (χ1v) is 4.89. The molecule has 0 aliphatic carbocycles. The van der Waals surface area contributed by atoms with Gasteiger partial charge in [-0.05, 0) is 18.2 Å². The molecule has 0 aliphatic heterocycles. The van der Waals surface area contributed by atoms with Crippen LogP contribution in [0.2, 0.25) is 0 Å². The molecular weight excluding hydrogens is 206 g/mol. The van der Waals surface area contributed by atoms with Gasteiger partial charge < -0.3 is 14.0 Å². The van der Waals surface area contributed by atoms with Gasteiger partial charge in [0, 0.05) is 18.6 Å². The van der Waals surface area contributed by atoms with Crippen molar-refractivity contribution in [1.82, 2.24) is 4.57 Å². The van der Waals surface area contributed by atoms with Crippen LogP contribution in [0, 0.1) is 0 Å². The summed E-state index contributed by atoms with van der Waals surface area (Å²) in [6.07, 6.45) is 1.71. The van der Waals surface area contributed by atoms with Gasteiger partial charge in [0.1, 0.15) is 11.5 Å². The van der Waals surface area contributed by atoms with Crippen molar-refractivity contribution in [1.29, 1.82) is 0 Å². The zero-order valence-electron chi connectivity index (χ0n) is 9.48. The van der Waals surface area contributed by atoms with Crippen molar-refractivity contribution in [2.45, 2.75) is 0 Å². The molecule has 0 amide bonds. The molecule has 16 heavy (non-hydrogen) atoms. The summed E-state index contributed by atoms with van der Waals surface area (Å²) in [7, 11) is 4.84. The highest BCUT2D eigenvalue weighted by Crippen LogP contribution is 2.30. The monoisotopic (exact) mass is 219 g/mol. The van der Waals surface area contributed by atoms with Crippen molar-refractivity contribution in [2.75, 3.05) is 14.2 Å². The van der Waals surface area contributed by atoms with Crippen LogP contribution >= 0.6 is 0 Å². The van der Waals surface area contributed by atoms with E-state index in [4.69, 9.17) is 9.47 Å². The van der Waals surface area contributed by atoms with Gasteiger partial charge in [-0.25, -0.2) is 0 Å². The Morgan fingerprint density at radius 1 is 1.06 bits per heavy atom. The van der Waals surface area contributed by atoms with Crippen LogP contribution in [0.3, 0.4) is 0 Å². The number of hydrogen-bond donors (Lipinski definition) is 0. The fraction of sp³-hybridized carbons (Fsp3) is 0.250. The molecule has 1 aromatic heterocycles. The first-order chi connectivity index (χ1) is 7.69. The van der Waals surface area contributed by atoms with E-state index in [1.165, 1.54) is 4.57 Å². The normalized spacial score (nSPS) is 10.4. The molecule has 84 valence electrons. The Bertz CT molecular complexity index is 587. The average Bonchev–Trinajstić information content (AvgIpc) is 2.32. The van der Waals surface area contributed by atoms with E-state index in [0.29, 0.717) is 16.9 Å². The van der Waals surface area contributed by atoms with E-state index in [9.17, 15) is 4.79 Å². The van der Waals surface area contributed by atoms with Crippen LogP contribution in [-0.2, 0) is 7.05 Å². The molecule has 0 radical (unpaired) electrons. The number of rotatable bonds is 2. The van der Waals surface area contributed by atoms with Crippen LogP contribution in [0.1, 0.15) is 0 Å². The molecule has 2 rings (SSSR count). The van der Waals surface area contributed by atoms with Gasteiger partial charge in [0.15, 0.2) is 0 Å². The molecule has 0 unspecified atom stereocenters. The van der Waals surface area contributed by atoms with Gasteiger partial charge >= 0.3 is 0 Å². The summed E-state index contributed by atoms with van der Waals surface area (Å²) in [5.41, 5.74) is -0.0896. The van der Waals surface area contributed by atoms with E-state index < -0.39 is 0 Å². The summed E-state index contributed by atoms with van der Waals surface area (Å²) in [5.74, 6) is 1.24. The Labute approximate surface area is 93.0 Å². The second kappa shape index (κ2) is 3.89. The number of aromatic nitrogens is 1. The SMILES string of the molecule is COc1ccc(OC)c2c(=O)n(C)ccc12. The molecule has 0 bridgehead atoms. The standard InChI is InChI=1S/C12H13NO3/c1-13-7-6-8-9(15-2)4-5-10(16-3)11(8)12(13)14/h4-7H,1-3H3. The van der Waals surface area contributed by atoms with Crippen molar-refractivity contribution in [3.05, 3.63) is 34.7 Å². The van der Waals surface area contributed by atoms with Gasteiger partial charge in [-0.15, -0.1) is 0 Å². The second-order valence-corrected chi connectivity index (χ2v) is 3.49. The van der Waals surface area contributed by atoms with Gasteiger partial charge in [0.05, 0.1) is 19.6 Å². The molecule has 4 nitrogen and oxygen atoms in total. The molecule has 1 heterocycles. The summed E-state index contributed by atoms with van der Waals surface area (Å²) in [6, 6.07) is 5.38. The number of hydrogen-bond acceptors (Lipinski definition) is 3. The summed E-state index contributed by atoms with van der Waals surface area (Å²) < 4.78 is 11.9. The zero-order valence-corrected chi connectivity index (χ0v) is 9.48. The molecule has 2 aromatic rings. The Balaban J connectivity index is 2.96. The quantitative estimate of drug-likeness (QED) is 0.769. The molecule has 0 fully saturated rings. The highest BCUT2D eigenvalue weighted by atomic mass is 16.5. The summed E-state index contributed by atoms with van der Waals surface area (Å²) in [5, 5.41) is 1.32. The maximum Gasteiger partial charge on any atom is 0.262 e. The molecular formula is C12H13NO3. The number of aryl methyl sites for hydroxylation is 1. The molecule has 0 saturated heterocycles. The maximum absolute atomic E-state index is 12.0. The second-order valence-electron chi connectivity index (χ2n) is 3.49. The summed E-state index contributed by atoms with van der Waals surface area (Å²) in [6.45, 7) is 0. The van der Waals surface area contributed by atoms with Crippen molar-refractivity contribution in [3.63, 3.8) is 0 Å². The van der Waals surface area contributed by atoms with Gasteiger partial charge in [0.2, 0.25) is 0 Å². The van der Waals surface area contributed by atoms with Crippen LogP contribution in [-0.4, -0.2) is 18.8 Å². The van der Waals surface area contributed by atoms with Crippen LogP contribution in [0.25, 0.3) is 10.8 Å². The Morgan fingerprint density at radius 2 is 1.69 bits per heavy atom. The number of methoxy groups -OCH3 is 2. The highest BCUT2D eigenvalue weighted by Gasteiger charge is 2.10. The van der Waals surface area contributed by atoms with E-state index >= 15 is 0 Å². The van der Waals surface area contributed by atoms with Crippen molar-refractivity contribution < 1.29 is 9.47 Å². The number of ether oxygens (including phenoxy) is 2. The number of benzene rings is 1. The molecule has 0 saturated carbocycles. The number of nitrogens with zero attached hydrogens (tertiary/aromatic N) is 1. The molecule has 0 aliphatic rings. The van der Waals surface area contributed by atoms with E-state index in [2.05, 4.69) is 0 Å². The topological polar surface area (TPSA) is 40.5 Å². The van der Waals surface area contributed by atoms with Crippen LogP contribution < -0.4 is 15.0 Å². The third kappa shape index (κ3) is 1.43. The third-order valence-corrected chi connectivity index (χ3v) is 2.61. The van der Waals surface area contributed by atoms with Gasteiger partial charge in [0.25, 0.3) is 5.56 Å². The maximum atomic E-state index is 12.0. The fourth-order valence-electron chi connectivity index (χ4n) is 1.74. The van der Waals surface area contributed by atoms with E-state index in [1.54, 1.807) is 39.6 Å². The summed E-state index contributed by atoms with van der Waals surface area (Å²) >= 11 is 0. The highest BCUT2D eigenvalue weighted by molar-refractivity contribution is 5.92. The minimum Gasteiger partial charge on any atom is -0.496 e. The predicted octanol–water partition coefficient (Wildman–Crippen LogP) is 1.56. The lowest BCUT2D eigenvalue weighted by atomic mass is 10.1. The smallest absolute Gasteiger partial charge is 0.262 e. The Kier molecular flexibility index (Phi) is 2.56. The zero-order chi connectivity index (χ0) is 11.7. The molecule has 0 spiro atoms. The number of pyridine rings is 1. The number of fused-ring (bicyclic) bond motifs is 1. The average molecular weight is 219 g/mol. The predicted molar refractivity (Wildman–Crippen MR) is 62.3 cm³/mol. The molecule has 0 atom stereocenters. The minimum atomic E-state index is -0.0896. The minimum absolute atomic E-state index is 0.0896. The van der Waals surface area contributed by atoms with Gasteiger partial charge in [-0.2, -0.15) is 0 Å². The lowest BCUT2D eigenvalue weighted by Gasteiger charge is -2.09. The van der Waals surface area contributed by atoms with Crippen molar-refractivity contribution >= 4 is 10.8 Å². The van der Waals surface area contributed by atoms with Crippen LogP contribution in [0.5, 0.6) is 11.5 Å². The van der Waals surface area contributed by atoms with Crippen molar-refractivity contribution in [2.24, 2.45) is 7.05 Å². The molecule has 1 aromatic carbocycles. The van der Waals surface area contributed by atoms with Gasteiger partial charge in [-0.3, -0.25) is 4.79 Å². The largest absolute Gasteiger partial charge is 0.496 e. The first-order valence-electron chi connectivity index (χ1n) is 4.89. The summed E-state index contributed by atoms with van der Waals surface area (Å²) in [4.78, 5) is 12.0.